The highest BCUT2D eigenvalue weighted by atomic mass is 127. The van der Waals surface area contributed by atoms with Crippen molar-refractivity contribution >= 4 is 36.0 Å². The molecule has 0 bridgehead atoms. The number of carbonyl (C=O) groups excluding carboxylic acids is 1. The maximum atomic E-state index is 12.5. The second kappa shape index (κ2) is 12.1. The number of nitrogens with zero attached hydrogens (tertiary/aromatic N) is 3. The van der Waals surface area contributed by atoms with Crippen LogP contribution >= 0.6 is 24.0 Å². The monoisotopic (exact) mass is 556 g/mol. The first-order valence-corrected chi connectivity index (χ1v) is 9.73. The number of nitrogens with two attached hydrogens (primary N) is 1. The van der Waals surface area contributed by atoms with Crippen LogP contribution in [0.2, 0.25) is 0 Å². The Bertz CT molecular complexity index is 751. The van der Waals surface area contributed by atoms with E-state index in [-0.39, 0.29) is 41.6 Å². The van der Waals surface area contributed by atoms with Gasteiger partial charge in [0.1, 0.15) is 5.60 Å². The lowest BCUT2D eigenvalue weighted by Gasteiger charge is -2.36. The number of aliphatic imine (C=N–C) groups is 1. The van der Waals surface area contributed by atoms with E-state index in [1.165, 1.54) is 13.2 Å². The van der Waals surface area contributed by atoms with Crippen molar-refractivity contribution in [2.24, 2.45) is 10.7 Å². The first-order chi connectivity index (χ1) is 14.1. The molecule has 2 N–H and O–H groups in total. The molecule has 0 unspecified atom stereocenters. The number of ether oxygens (including phenoxy) is 3. The van der Waals surface area contributed by atoms with Gasteiger partial charge in [-0.15, -0.1) is 24.0 Å². The van der Waals surface area contributed by atoms with Gasteiger partial charge in [-0.05, 0) is 44.9 Å². The smallest absolute Gasteiger partial charge is 0.410 e. The SMILES string of the molecule is COc1ccc(CCN=C(N)N2CCN(C(=O)OC(C)(C)C)CC2)cc1OC(F)F.I. The van der Waals surface area contributed by atoms with E-state index in [1.807, 2.05) is 25.7 Å². The number of alkyl halides is 2. The predicted octanol–water partition coefficient (Wildman–Crippen LogP) is 3.32. The molecule has 0 atom stereocenters. The molecule has 1 aliphatic rings. The number of piperazine rings is 1. The third-order valence-corrected chi connectivity index (χ3v) is 4.37. The zero-order valence-corrected chi connectivity index (χ0v) is 20.6. The highest BCUT2D eigenvalue weighted by molar-refractivity contribution is 14.0. The Morgan fingerprint density at radius 3 is 2.32 bits per heavy atom. The summed E-state index contributed by atoms with van der Waals surface area (Å²) in [6.45, 7) is 5.06. The standard InChI is InChI=1S/C20H30F2N4O4.HI/c1-20(2,3)30-19(27)26-11-9-25(10-12-26)18(23)24-8-7-14-5-6-15(28-4)16(13-14)29-17(21)22;/h5-6,13,17H,7-12H2,1-4H3,(H2,23,24);1H. The van der Waals surface area contributed by atoms with Crippen LogP contribution in [-0.4, -0.2) is 73.9 Å². The van der Waals surface area contributed by atoms with Crippen molar-refractivity contribution in [3.63, 3.8) is 0 Å². The van der Waals surface area contributed by atoms with E-state index >= 15 is 0 Å². The summed E-state index contributed by atoms with van der Waals surface area (Å²) >= 11 is 0. The lowest BCUT2D eigenvalue weighted by atomic mass is 10.1. The van der Waals surface area contributed by atoms with Crippen LogP contribution in [-0.2, 0) is 11.2 Å². The van der Waals surface area contributed by atoms with Crippen molar-refractivity contribution in [1.82, 2.24) is 9.80 Å². The molecular formula is C20H31F2IN4O4. The van der Waals surface area contributed by atoms with Crippen LogP contribution in [0.4, 0.5) is 13.6 Å². The largest absolute Gasteiger partial charge is 0.493 e. The average Bonchev–Trinajstić information content (AvgIpc) is 2.66. The summed E-state index contributed by atoms with van der Waals surface area (Å²) < 4.78 is 40.0. The first kappa shape index (κ1) is 27.0. The van der Waals surface area contributed by atoms with E-state index < -0.39 is 12.2 Å². The molecule has 1 aromatic carbocycles. The molecule has 1 fully saturated rings. The van der Waals surface area contributed by atoms with Crippen molar-refractivity contribution in [3.8, 4) is 11.5 Å². The molecule has 1 heterocycles. The minimum Gasteiger partial charge on any atom is -0.493 e. The third kappa shape index (κ3) is 8.91. The average molecular weight is 556 g/mol. The summed E-state index contributed by atoms with van der Waals surface area (Å²) in [6.07, 6.45) is 0.168. The summed E-state index contributed by atoms with van der Waals surface area (Å²) in [5.74, 6) is 0.613. The van der Waals surface area contributed by atoms with Crippen LogP contribution in [0.1, 0.15) is 26.3 Å². The van der Waals surface area contributed by atoms with Gasteiger partial charge in [0.25, 0.3) is 0 Å². The van der Waals surface area contributed by atoms with Crippen LogP contribution in [0.25, 0.3) is 0 Å². The fourth-order valence-corrected chi connectivity index (χ4v) is 2.91. The van der Waals surface area contributed by atoms with Crippen LogP contribution in [0, 0.1) is 0 Å². The number of halogens is 3. The molecule has 176 valence electrons. The number of guanidine groups is 1. The molecule has 0 aliphatic carbocycles. The summed E-state index contributed by atoms with van der Waals surface area (Å²) in [7, 11) is 1.39. The highest BCUT2D eigenvalue weighted by Gasteiger charge is 2.26. The molecule has 0 radical (unpaired) electrons. The molecule has 31 heavy (non-hydrogen) atoms. The molecule has 1 aromatic rings. The van der Waals surface area contributed by atoms with Gasteiger partial charge in [-0.2, -0.15) is 8.78 Å². The zero-order valence-electron chi connectivity index (χ0n) is 18.3. The fourth-order valence-electron chi connectivity index (χ4n) is 2.91. The number of hydrogen-bond acceptors (Lipinski definition) is 5. The topological polar surface area (TPSA) is 89.6 Å². The molecule has 1 aliphatic heterocycles. The Balaban J connectivity index is 0.00000480. The zero-order chi connectivity index (χ0) is 22.3. The number of methoxy groups -OCH3 is 1. The molecule has 0 spiro atoms. The van der Waals surface area contributed by atoms with E-state index in [0.717, 1.165) is 5.56 Å². The third-order valence-electron chi connectivity index (χ3n) is 4.37. The summed E-state index contributed by atoms with van der Waals surface area (Å²) in [5.41, 5.74) is 6.32. The second-order valence-corrected chi connectivity index (χ2v) is 7.81. The normalized spacial score (nSPS) is 14.9. The summed E-state index contributed by atoms with van der Waals surface area (Å²) in [6, 6.07) is 4.86. The van der Waals surface area contributed by atoms with Gasteiger partial charge in [0.15, 0.2) is 17.5 Å². The van der Waals surface area contributed by atoms with Crippen molar-refractivity contribution in [2.45, 2.75) is 39.4 Å². The van der Waals surface area contributed by atoms with Crippen LogP contribution in [0.5, 0.6) is 11.5 Å². The van der Waals surface area contributed by atoms with Crippen LogP contribution in [0.15, 0.2) is 23.2 Å². The maximum absolute atomic E-state index is 12.5. The van der Waals surface area contributed by atoms with Gasteiger partial charge < -0.3 is 29.7 Å². The molecule has 11 heteroatoms. The van der Waals surface area contributed by atoms with Crippen LogP contribution in [0.3, 0.4) is 0 Å². The number of amides is 1. The van der Waals surface area contributed by atoms with Crippen molar-refractivity contribution in [3.05, 3.63) is 23.8 Å². The summed E-state index contributed by atoms with van der Waals surface area (Å²) in [4.78, 5) is 20.0. The lowest BCUT2D eigenvalue weighted by Crippen LogP contribution is -2.53. The van der Waals surface area contributed by atoms with Gasteiger partial charge in [-0.3, -0.25) is 4.99 Å². The van der Waals surface area contributed by atoms with Crippen molar-refractivity contribution < 1.29 is 27.8 Å². The Hall–Kier alpha value is -2.05. The number of hydrogen-bond donors (Lipinski definition) is 1. The van der Waals surface area contributed by atoms with Crippen molar-refractivity contribution in [1.29, 1.82) is 0 Å². The second-order valence-electron chi connectivity index (χ2n) is 7.81. The van der Waals surface area contributed by atoms with Gasteiger partial charge in [0.2, 0.25) is 0 Å². The van der Waals surface area contributed by atoms with Gasteiger partial charge in [-0.1, -0.05) is 6.07 Å². The van der Waals surface area contributed by atoms with Gasteiger partial charge in [-0.25, -0.2) is 4.79 Å². The highest BCUT2D eigenvalue weighted by Crippen LogP contribution is 2.29. The molecule has 8 nitrogen and oxygen atoms in total. The quantitative estimate of drug-likeness (QED) is 0.329. The summed E-state index contributed by atoms with van der Waals surface area (Å²) in [5, 5.41) is 0. The number of rotatable bonds is 6. The van der Waals surface area contributed by atoms with Gasteiger partial charge >= 0.3 is 12.7 Å². The maximum Gasteiger partial charge on any atom is 0.410 e. The molecular weight excluding hydrogens is 525 g/mol. The number of benzene rings is 1. The van der Waals surface area contributed by atoms with Crippen LogP contribution < -0.4 is 15.2 Å². The molecule has 1 amide bonds. The van der Waals surface area contributed by atoms with Gasteiger partial charge in [0, 0.05) is 32.7 Å². The molecule has 0 saturated carbocycles. The number of carbonyl (C=O) groups is 1. The minimum atomic E-state index is -2.93. The van der Waals surface area contributed by atoms with E-state index in [1.54, 1.807) is 17.0 Å². The van der Waals surface area contributed by atoms with E-state index in [9.17, 15) is 13.6 Å². The lowest BCUT2D eigenvalue weighted by molar-refractivity contribution is -0.0512. The van der Waals surface area contributed by atoms with E-state index in [4.69, 9.17) is 15.2 Å². The Labute approximate surface area is 198 Å². The first-order valence-electron chi connectivity index (χ1n) is 9.73. The Kier molecular flexibility index (Phi) is 10.5. The Morgan fingerprint density at radius 2 is 1.77 bits per heavy atom. The molecule has 1 saturated heterocycles. The Morgan fingerprint density at radius 1 is 1.16 bits per heavy atom. The predicted molar refractivity (Wildman–Crippen MR) is 125 cm³/mol. The fraction of sp³-hybridized carbons (Fsp3) is 0.600. The minimum absolute atomic E-state index is 0. The van der Waals surface area contributed by atoms with Gasteiger partial charge in [0.05, 0.1) is 7.11 Å². The molecule has 2 rings (SSSR count). The molecule has 0 aromatic heterocycles. The van der Waals surface area contributed by atoms with E-state index in [0.29, 0.717) is 45.1 Å². The van der Waals surface area contributed by atoms with E-state index in [2.05, 4.69) is 9.73 Å². The van der Waals surface area contributed by atoms with Crippen molar-refractivity contribution in [2.75, 3.05) is 39.8 Å².